The van der Waals surface area contributed by atoms with Crippen molar-refractivity contribution in [2.75, 3.05) is 20.1 Å². The third-order valence-corrected chi connectivity index (χ3v) is 6.40. The molecule has 1 amide bonds. The number of ketones is 1. The van der Waals surface area contributed by atoms with Crippen molar-refractivity contribution in [3.63, 3.8) is 0 Å². The normalized spacial score (nSPS) is 20.1. The third-order valence-electron chi connectivity index (χ3n) is 6.40. The maximum atomic E-state index is 13.1. The molecule has 33 heavy (non-hydrogen) atoms. The number of halogens is 1. The largest absolute Gasteiger partial charge is 0.485 e. The number of carbonyl (C=O) groups is 2. The van der Waals surface area contributed by atoms with Gasteiger partial charge in [0.05, 0.1) is 18.1 Å². The molecule has 0 aromatic heterocycles. The highest BCUT2D eigenvalue weighted by atomic mass is 19.1. The quantitative estimate of drug-likeness (QED) is 0.539. The summed E-state index contributed by atoms with van der Waals surface area (Å²) in [5, 5.41) is 16.2. The highest BCUT2D eigenvalue weighted by Crippen LogP contribution is 2.42. The Morgan fingerprint density at radius 3 is 2.48 bits per heavy atom. The molecule has 1 atom stereocenters. The highest BCUT2D eigenvalue weighted by Gasteiger charge is 2.49. The Morgan fingerprint density at radius 1 is 1.18 bits per heavy atom. The second-order valence-corrected chi connectivity index (χ2v) is 8.29. The number of ether oxygens (including phenoxy) is 1. The standard InChI is InChI=1S/C25H25FN4O3/c1-29-23-18-4-2-3-5-22(18)33-25(19(23)15-27)10-12-30(13-11-25)24(32)20(28)14-21(31)16-6-8-17(26)9-7-16/h2-9,15,19,27-28H,10-14H2,1H3. The summed E-state index contributed by atoms with van der Waals surface area (Å²) < 4.78 is 19.5. The van der Waals surface area contributed by atoms with Crippen LogP contribution in [0.15, 0.2) is 53.5 Å². The van der Waals surface area contributed by atoms with Crippen molar-refractivity contribution < 1.29 is 18.7 Å². The Labute approximate surface area is 191 Å². The number of likely N-dealkylation sites (tertiary alicyclic amines) is 1. The molecular formula is C25H25FN4O3. The smallest absolute Gasteiger partial charge is 0.267 e. The predicted molar refractivity (Wildman–Crippen MR) is 123 cm³/mol. The zero-order chi connectivity index (χ0) is 23.6. The SMILES string of the molecule is CN=C1c2ccccc2OC2(CCN(C(=O)C(=N)CC(=O)c3ccc(F)cc3)CC2)C1C=N. The molecular weight excluding hydrogens is 423 g/mol. The van der Waals surface area contributed by atoms with Gasteiger partial charge in [-0.3, -0.25) is 20.0 Å². The first-order valence-electron chi connectivity index (χ1n) is 10.8. The van der Waals surface area contributed by atoms with E-state index in [1.165, 1.54) is 30.5 Å². The number of amides is 1. The van der Waals surface area contributed by atoms with Crippen LogP contribution in [0.2, 0.25) is 0 Å². The zero-order valence-corrected chi connectivity index (χ0v) is 18.3. The number of nitrogens with one attached hydrogen (secondary N) is 2. The molecule has 1 fully saturated rings. The van der Waals surface area contributed by atoms with Crippen LogP contribution in [0.5, 0.6) is 5.75 Å². The lowest BCUT2D eigenvalue weighted by Gasteiger charge is -2.48. The molecule has 8 heteroatoms. The molecule has 2 aliphatic rings. The predicted octanol–water partition coefficient (Wildman–Crippen LogP) is 3.56. The van der Waals surface area contributed by atoms with E-state index in [1.54, 1.807) is 11.9 Å². The maximum Gasteiger partial charge on any atom is 0.267 e. The van der Waals surface area contributed by atoms with E-state index in [0.29, 0.717) is 31.7 Å². The molecule has 2 aromatic carbocycles. The number of nitrogens with zero attached hydrogens (tertiary/aromatic N) is 2. The molecule has 4 rings (SSSR count). The van der Waals surface area contributed by atoms with Crippen molar-refractivity contribution >= 4 is 29.3 Å². The molecule has 170 valence electrons. The van der Waals surface area contributed by atoms with Gasteiger partial charge in [-0.25, -0.2) is 4.39 Å². The minimum Gasteiger partial charge on any atom is -0.485 e. The average Bonchev–Trinajstić information content (AvgIpc) is 2.83. The number of fused-ring (bicyclic) bond motifs is 1. The Bertz CT molecular complexity index is 1130. The van der Waals surface area contributed by atoms with Gasteiger partial charge in [-0.15, -0.1) is 0 Å². The van der Waals surface area contributed by atoms with E-state index in [0.717, 1.165) is 11.3 Å². The van der Waals surface area contributed by atoms with Crippen LogP contribution in [0.1, 0.15) is 35.2 Å². The first-order chi connectivity index (χ1) is 15.9. The Kier molecular flexibility index (Phi) is 6.18. The summed E-state index contributed by atoms with van der Waals surface area (Å²) in [4.78, 5) is 31.2. The van der Waals surface area contributed by atoms with Gasteiger partial charge in [0.15, 0.2) is 5.78 Å². The van der Waals surface area contributed by atoms with Crippen LogP contribution < -0.4 is 4.74 Å². The van der Waals surface area contributed by atoms with Gasteiger partial charge < -0.3 is 15.0 Å². The van der Waals surface area contributed by atoms with Crippen LogP contribution in [0.4, 0.5) is 4.39 Å². The topological polar surface area (TPSA) is 107 Å². The molecule has 0 aliphatic carbocycles. The number of benzene rings is 2. The number of piperidine rings is 1. The van der Waals surface area contributed by atoms with Crippen LogP contribution in [-0.2, 0) is 4.79 Å². The molecule has 1 unspecified atom stereocenters. The number of Topliss-reactive ketones (excluding diaryl/α,β-unsaturated/α-hetero) is 1. The summed E-state index contributed by atoms with van der Waals surface area (Å²) in [5.74, 6) is -0.969. The van der Waals surface area contributed by atoms with Crippen LogP contribution in [0, 0.1) is 22.6 Å². The fourth-order valence-electron chi connectivity index (χ4n) is 4.62. The number of rotatable bonds is 5. The number of hydrogen-bond donors (Lipinski definition) is 2. The average molecular weight is 448 g/mol. The van der Waals surface area contributed by atoms with Crippen molar-refractivity contribution in [2.24, 2.45) is 10.9 Å². The van der Waals surface area contributed by atoms with Gasteiger partial charge in [0.25, 0.3) is 5.91 Å². The van der Waals surface area contributed by atoms with Gasteiger partial charge >= 0.3 is 0 Å². The summed E-state index contributed by atoms with van der Waals surface area (Å²) in [6, 6.07) is 12.7. The maximum absolute atomic E-state index is 13.1. The minimum absolute atomic E-state index is 0.265. The van der Waals surface area contributed by atoms with Gasteiger partial charge in [0, 0.05) is 50.3 Å². The van der Waals surface area contributed by atoms with E-state index < -0.39 is 23.1 Å². The molecule has 0 radical (unpaired) electrons. The van der Waals surface area contributed by atoms with Crippen LogP contribution in [0.3, 0.4) is 0 Å². The molecule has 2 aliphatic heterocycles. The molecule has 2 N–H and O–H groups in total. The van der Waals surface area contributed by atoms with Crippen molar-refractivity contribution in [3.05, 3.63) is 65.5 Å². The Balaban J connectivity index is 1.45. The number of hydrogen-bond acceptors (Lipinski definition) is 6. The van der Waals surface area contributed by atoms with E-state index in [-0.39, 0.29) is 23.6 Å². The molecule has 0 bridgehead atoms. The molecule has 0 saturated carbocycles. The monoisotopic (exact) mass is 448 g/mol. The molecule has 1 spiro atoms. The van der Waals surface area contributed by atoms with Gasteiger partial charge in [-0.1, -0.05) is 12.1 Å². The fraction of sp³-hybridized carbons (Fsp3) is 0.320. The van der Waals surface area contributed by atoms with Crippen LogP contribution >= 0.6 is 0 Å². The van der Waals surface area contributed by atoms with E-state index >= 15 is 0 Å². The molecule has 1 saturated heterocycles. The first-order valence-corrected chi connectivity index (χ1v) is 10.8. The Morgan fingerprint density at radius 2 is 1.85 bits per heavy atom. The van der Waals surface area contributed by atoms with Crippen LogP contribution in [-0.4, -0.2) is 60.0 Å². The van der Waals surface area contributed by atoms with Gasteiger partial charge in [-0.05, 0) is 36.4 Å². The lowest BCUT2D eigenvalue weighted by Crippen LogP contribution is -2.58. The van der Waals surface area contributed by atoms with E-state index in [4.69, 9.17) is 15.6 Å². The Hall–Kier alpha value is -3.68. The van der Waals surface area contributed by atoms with Crippen molar-refractivity contribution in [1.82, 2.24) is 4.90 Å². The van der Waals surface area contributed by atoms with E-state index in [9.17, 15) is 14.0 Å². The lowest BCUT2D eigenvalue weighted by atomic mass is 9.73. The van der Waals surface area contributed by atoms with Crippen molar-refractivity contribution in [3.8, 4) is 5.75 Å². The second kappa shape index (κ2) is 9.05. The van der Waals surface area contributed by atoms with Crippen LogP contribution in [0.25, 0.3) is 0 Å². The van der Waals surface area contributed by atoms with Gasteiger partial charge in [0.2, 0.25) is 0 Å². The van der Waals surface area contributed by atoms with Gasteiger partial charge in [-0.2, -0.15) is 0 Å². The molecule has 2 aromatic rings. The second-order valence-electron chi connectivity index (χ2n) is 8.29. The van der Waals surface area contributed by atoms with Crippen molar-refractivity contribution in [2.45, 2.75) is 24.9 Å². The number of carbonyl (C=O) groups excluding carboxylic acids is 2. The fourth-order valence-corrected chi connectivity index (χ4v) is 4.62. The zero-order valence-electron chi connectivity index (χ0n) is 18.3. The van der Waals surface area contributed by atoms with E-state index in [2.05, 4.69) is 4.99 Å². The summed E-state index contributed by atoms with van der Waals surface area (Å²) >= 11 is 0. The summed E-state index contributed by atoms with van der Waals surface area (Å²) in [6.45, 7) is 0.685. The number of aliphatic imine (C=N–C) groups is 1. The molecule has 2 heterocycles. The summed E-state index contributed by atoms with van der Waals surface area (Å²) in [6.07, 6.45) is 1.97. The third kappa shape index (κ3) is 4.20. The van der Waals surface area contributed by atoms with Crippen molar-refractivity contribution in [1.29, 1.82) is 10.8 Å². The van der Waals surface area contributed by atoms with E-state index in [1.807, 2.05) is 24.3 Å². The number of para-hydroxylation sites is 1. The molecule has 7 nitrogen and oxygen atoms in total. The highest BCUT2D eigenvalue weighted by molar-refractivity contribution is 6.41. The van der Waals surface area contributed by atoms with Gasteiger partial charge in [0.1, 0.15) is 22.9 Å². The summed E-state index contributed by atoms with van der Waals surface area (Å²) in [7, 11) is 1.71. The summed E-state index contributed by atoms with van der Waals surface area (Å²) in [5.41, 5.74) is 0.951. The lowest BCUT2D eigenvalue weighted by molar-refractivity contribution is -0.128. The minimum atomic E-state index is -0.687. The first kappa shape index (κ1) is 22.5.